The summed E-state index contributed by atoms with van der Waals surface area (Å²) in [4.78, 5) is 0. The van der Waals surface area contributed by atoms with Gasteiger partial charge in [0.25, 0.3) is 0 Å². The Bertz CT molecular complexity index is 250. The fourth-order valence-electron chi connectivity index (χ4n) is 1.35. The van der Waals surface area contributed by atoms with Gasteiger partial charge in [0, 0.05) is 23.8 Å². The van der Waals surface area contributed by atoms with Gasteiger partial charge in [0.2, 0.25) is 0 Å². The molecular formula is C9H17N3. The molecule has 2 N–H and O–H groups in total. The molecule has 1 atom stereocenters. The van der Waals surface area contributed by atoms with Crippen molar-refractivity contribution in [2.75, 3.05) is 0 Å². The van der Waals surface area contributed by atoms with Crippen molar-refractivity contribution >= 4 is 0 Å². The molecule has 1 rings (SSSR count). The third kappa shape index (κ3) is 1.67. The molecule has 0 saturated heterocycles. The zero-order valence-electron chi connectivity index (χ0n) is 8.04. The minimum atomic E-state index is 0.0932. The maximum atomic E-state index is 5.77. The second-order valence-corrected chi connectivity index (χ2v) is 3.20. The molecule has 1 aromatic heterocycles. The van der Waals surface area contributed by atoms with E-state index in [1.165, 1.54) is 5.69 Å². The predicted octanol–water partition coefficient (Wildman–Crippen LogP) is 1.62. The molecule has 68 valence electrons. The zero-order valence-corrected chi connectivity index (χ0v) is 8.04. The van der Waals surface area contributed by atoms with Crippen LogP contribution >= 0.6 is 0 Å². The number of hydrogen-bond donors (Lipinski definition) is 1. The van der Waals surface area contributed by atoms with Crippen LogP contribution in [-0.2, 0) is 6.54 Å². The average molecular weight is 167 g/mol. The second kappa shape index (κ2) is 3.72. The highest BCUT2D eigenvalue weighted by molar-refractivity contribution is 5.19. The molecule has 0 bridgehead atoms. The first kappa shape index (κ1) is 9.26. The fourth-order valence-corrected chi connectivity index (χ4v) is 1.35. The molecule has 0 saturated carbocycles. The van der Waals surface area contributed by atoms with E-state index in [1.807, 2.05) is 17.8 Å². The lowest BCUT2D eigenvalue weighted by Crippen LogP contribution is -2.07. The molecular weight excluding hydrogens is 150 g/mol. The fraction of sp³-hybridized carbons (Fsp3) is 0.667. The Balaban J connectivity index is 2.88. The van der Waals surface area contributed by atoms with Crippen molar-refractivity contribution in [1.29, 1.82) is 0 Å². The van der Waals surface area contributed by atoms with Gasteiger partial charge in [-0.25, -0.2) is 0 Å². The molecule has 0 spiro atoms. The van der Waals surface area contributed by atoms with E-state index in [4.69, 9.17) is 5.73 Å². The minimum absolute atomic E-state index is 0.0932. The largest absolute Gasteiger partial charge is 0.324 e. The summed E-state index contributed by atoms with van der Waals surface area (Å²) in [6.07, 6.45) is 2.98. The van der Waals surface area contributed by atoms with E-state index < -0.39 is 0 Å². The number of nitrogens with two attached hydrogens (primary N) is 1. The Morgan fingerprint density at radius 3 is 2.75 bits per heavy atom. The molecule has 0 aliphatic heterocycles. The van der Waals surface area contributed by atoms with E-state index in [1.54, 1.807) is 0 Å². The number of aromatic nitrogens is 2. The van der Waals surface area contributed by atoms with Gasteiger partial charge < -0.3 is 5.73 Å². The molecule has 1 aromatic rings. The van der Waals surface area contributed by atoms with E-state index in [0.717, 1.165) is 18.5 Å². The zero-order chi connectivity index (χ0) is 9.14. The van der Waals surface area contributed by atoms with Gasteiger partial charge in [-0.15, -0.1) is 0 Å². The maximum Gasteiger partial charge on any atom is 0.0540 e. The number of rotatable bonds is 3. The van der Waals surface area contributed by atoms with E-state index >= 15 is 0 Å². The van der Waals surface area contributed by atoms with Crippen molar-refractivity contribution in [2.24, 2.45) is 5.73 Å². The van der Waals surface area contributed by atoms with Crippen molar-refractivity contribution in [3.8, 4) is 0 Å². The predicted molar refractivity (Wildman–Crippen MR) is 49.9 cm³/mol. The van der Waals surface area contributed by atoms with Crippen molar-refractivity contribution < 1.29 is 0 Å². The summed E-state index contributed by atoms with van der Waals surface area (Å²) in [6, 6.07) is 0.0932. The first-order valence-electron chi connectivity index (χ1n) is 4.44. The van der Waals surface area contributed by atoms with Crippen LogP contribution in [0.5, 0.6) is 0 Å². The Hall–Kier alpha value is -0.830. The number of hydrogen-bond acceptors (Lipinski definition) is 2. The first-order valence-corrected chi connectivity index (χ1v) is 4.44. The van der Waals surface area contributed by atoms with E-state index in [0.29, 0.717) is 0 Å². The van der Waals surface area contributed by atoms with Crippen LogP contribution in [-0.4, -0.2) is 9.78 Å². The second-order valence-electron chi connectivity index (χ2n) is 3.20. The van der Waals surface area contributed by atoms with Crippen LogP contribution in [0.1, 0.15) is 37.6 Å². The van der Waals surface area contributed by atoms with Gasteiger partial charge in [-0.1, -0.05) is 6.92 Å². The molecule has 0 amide bonds. The smallest absolute Gasteiger partial charge is 0.0540 e. The Morgan fingerprint density at radius 2 is 2.33 bits per heavy atom. The molecule has 0 radical (unpaired) electrons. The summed E-state index contributed by atoms with van der Waals surface area (Å²) in [5.74, 6) is 0. The Labute approximate surface area is 73.6 Å². The van der Waals surface area contributed by atoms with Gasteiger partial charge in [0.15, 0.2) is 0 Å². The number of aryl methyl sites for hydroxylation is 1. The minimum Gasteiger partial charge on any atom is -0.324 e. The first-order chi connectivity index (χ1) is 5.66. The van der Waals surface area contributed by atoms with E-state index in [2.05, 4.69) is 18.9 Å². The maximum absolute atomic E-state index is 5.77. The van der Waals surface area contributed by atoms with E-state index in [-0.39, 0.29) is 6.04 Å². The summed E-state index contributed by atoms with van der Waals surface area (Å²) in [5.41, 5.74) is 8.13. The van der Waals surface area contributed by atoms with Crippen LogP contribution in [0.3, 0.4) is 0 Å². The lowest BCUT2D eigenvalue weighted by atomic mass is 10.1. The van der Waals surface area contributed by atoms with Crippen molar-refractivity contribution in [3.63, 3.8) is 0 Å². The Kier molecular flexibility index (Phi) is 2.87. The van der Waals surface area contributed by atoms with Crippen LogP contribution in [0.2, 0.25) is 0 Å². The summed E-state index contributed by atoms with van der Waals surface area (Å²) in [6.45, 7) is 7.19. The molecule has 0 fully saturated rings. The third-order valence-corrected chi connectivity index (χ3v) is 2.07. The van der Waals surface area contributed by atoms with Crippen LogP contribution in [0.15, 0.2) is 6.20 Å². The van der Waals surface area contributed by atoms with Crippen LogP contribution in [0.25, 0.3) is 0 Å². The molecule has 0 unspecified atom stereocenters. The molecule has 3 heteroatoms. The third-order valence-electron chi connectivity index (χ3n) is 2.07. The highest BCUT2D eigenvalue weighted by Gasteiger charge is 2.08. The monoisotopic (exact) mass is 167 g/mol. The van der Waals surface area contributed by atoms with Crippen LogP contribution in [0, 0.1) is 6.92 Å². The summed E-state index contributed by atoms with van der Waals surface area (Å²) in [5, 5.41) is 4.26. The summed E-state index contributed by atoms with van der Waals surface area (Å²) < 4.78 is 2.01. The van der Waals surface area contributed by atoms with Gasteiger partial charge in [-0.05, 0) is 20.3 Å². The standard InChI is InChI=1S/C9H17N3/c1-4-5-12-8(3)9(6-11-12)7(2)10/h6-7H,4-5,10H2,1-3H3/t7-/m1/s1. The lowest BCUT2D eigenvalue weighted by molar-refractivity contribution is 0.585. The molecule has 1 heterocycles. The van der Waals surface area contributed by atoms with Gasteiger partial charge in [-0.3, -0.25) is 4.68 Å². The van der Waals surface area contributed by atoms with Crippen LogP contribution in [0.4, 0.5) is 0 Å². The summed E-state index contributed by atoms with van der Waals surface area (Å²) in [7, 11) is 0. The molecule has 12 heavy (non-hydrogen) atoms. The van der Waals surface area contributed by atoms with Crippen molar-refractivity contribution in [1.82, 2.24) is 9.78 Å². The highest BCUT2D eigenvalue weighted by Crippen LogP contribution is 2.14. The summed E-state index contributed by atoms with van der Waals surface area (Å²) >= 11 is 0. The topological polar surface area (TPSA) is 43.8 Å². The van der Waals surface area contributed by atoms with Gasteiger partial charge in [-0.2, -0.15) is 5.10 Å². The van der Waals surface area contributed by atoms with Gasteiger partial charge in [0.05, 0.1) is 6.20 Å². The quantitative estimate of drug-likeness (QED) is 0.743. The molecule has 3 nitrogen and oxygen atoms in total. The normalized spacial score (nSPS) is 13.3. The highest BCUT2D eigenvalue weighted by atomic mass is 15.3. The lowest BCUT2D eigenvalue weighted by Gasteiger charge is -2.05. The van der Waals surface area contributed by atoms with Crippen LogP contribution < -0.4 is 5.73 Å². The molecule has 0 aromatic carbocycles. The van der Waals surface area contributed by atoms with Gasteiger partial charge >= 0.3 is 0 Å². The Morgan fingerprint density at radius 1 is 1.67 bits per heavy atom. The van der Waals surface area contributed by atoms with Gasteiger partial charge in [0.1, 0.15) is 0 Å². The molecule has 0 aliphatic carbocycles. The SMILES string of the molecule is CCCn1ncc([C@@H](C)N)c1C. The average Bonchev–Trinajstić information content (AvgIpc) is 2.34. The van der Waals surface area contributed by atoms with E-state index in [9.17, 15) is 0 Å². The van der Waals surface area contributed by atoms with Crippen molar-refractivity contribution in [3.05, 3.63) is 17.5 Å². The van der Waals surface area contributed by atoms with Crippen molar-refractivity contribution in [2.45, 2.75) is 39.8 Å². The number of nitrogens with zero attached hydrogens (tertiary/aromatic N) is 2. The molecule has 0 aliphatic rings.